The van der Waals surface area contributed by atoms with E-state index in [9.17, 15) is 0 Å². The predicted octanol–water partition coefficient (Wildman–Crippen LogP) is 5.28. The standard InChI is InChI=1S/C17H26/c1-4-14(7-5-6-13(2)3)10-17-12-15-8-9-16(17)11-15/h4,6,8-9,15-17H,5,7,10-12H2,1-3H3. The summed E-state index contributed by atoms with van der Waals surface area (Å²) in [4.78, 5) is 0. The summed E-state index contributed by atoms with van der Waals surface area (Å²) in [6.07, 6.45) is 16.4. The largest absolute Gasteiger partial charge is 0.0884 e. The topological polar surface area (TPSA) is 0 Å². The van der Waals surface area contributed by atoms with E-state index in [1.54, 1.807) is 5.57 Å². The summed E-state index contributed by atoms with van der Waals surface area (Å²) in [6, 6.07) is 0. The zero-order valence-corrected chi connectivity index (χ0v) is 11.6. The predicted molar refractivity (Wildman–Crippen MR) is 75.9 cm³/mol. The van der Waals surface area contributed by atoms with Gasteiger partial charge in [-0.2, -0.15) is 0 Å². The highest BCUT2D eigenvalue weighted by molar-refractivity contribution is 5.14. The van der Waals surface area contributed by atoms with Gasteiger partial charge in [-0.3, -0.25) is 0 Å². The maximum atomic E-state index is 2.47. The molecule has 3 unspecified atom stereocenters. The lowest BCUT2D eigenvalue weighted by Gasteiger charge is -2.19. The van der Waals surface area contributed by atoms with Crippen LogP contribution in [0.1, 0.15) is 52.9 Å². The Hall–Kier alpha value is -0.780. The van der Waals surface area contributed by atoms with Crippen molar-refractivity contribution in [2.75, 3.05) is 0 Å². The first kappa shape index (κ1) is 12.7. The van der Waals surface area contributed by atoms with Crippen LogP contribution >= 0.6 is 0 Å². The van der Waals surface area contributed by atoms with E-state index in [0.717, 1.165) is 17.8 Å². The minimum Gasteiger partial charge on any atom is -0.0884 e. The lowest BCUT2D eigenvalue weighted by Crippen LogP contribution is -2.08. The number of hydrogen-bond acceptors (Lipinski definition) is 0. The van der Waals surface area contributed by atoms with Gasteiger partial charge in [-0.1, -0.05) is 35.5 Å². The average molecular weight is 230 g/mol. The molecule has 0 N–H and O–H groups in total. The lowest BCUT2D eigenvalue weighted by molar-refractivity contribution is 0.439. The van der Waals surface area contributed by atoms with E-state index < -0.39 is 0 Å². The van der Waals surface area contributed by atoms with E-state index in [1.807, 2.05) is 0 Å². The average Bonchev–Trinajstić information content (AvgIpc) is 2.89. The van der Waals surface area contributed by atoms with Crippen molar-refractivity contribution in [3.8, 4) is 0 Å². The summed E-state index contributed by atoms with van der Waals surface area (Å²) in [5, 5.41) is 0. The summed E-state index contributed by atoms with van der Waals surface area (Å²) >= 11 is 0. The van der Waals surface area contributed by atoms with Gasteiger partial charge in [-0.05, 0) is 70.6 Å². The van der Waals surface area contributed by atoms with E-state index in [2.05, 4.69) is 45.1 Å². The van der Waals surface area contributed by atoms with Crippen molar-refractivity contribution >= 4 is 0 Å². The fourth-order valence-electron chi connectivity index (χ4n) is 3.38. The summed E-state index contributed by atoms with van der Waals surface area (Å²) in [5.74, 6) is 2.77. The van der Waals surface area contributed by atoms with Gasteiger partial charge in [0, 0.05) is 0 Å². The number of hydrogen-bond donors (Lipinski definition) is 0. The monoisotopic (exact) mass is 230 g/mol. The molecule has 2 rings (SSSR count). The van der Waals surface area contributed by atoms with Crippen molar-refractivity contribution in [1.29, 1.82) is 0 Å². The van der Waals surface area contributed by atoms with Gasteiger partial charge in [0.2, 0.25) is 0 Å². The highest BCUT2D eigenvalue weighted by Crippen LogP contribution is 2.46. The molecule has 2 bridgehead atoms. The maximum Gasteiger partial charge on any atom is -0.0196 e. The van der Waals surface area contributed by atoms with Crippen LogP contribution < -0.4 is 0 Å². The molecule has 0 aromatic carbocycles. The van der Waals surface area contributed by atoms with Crippen molar-refractivity contribution in [3.63, 3.8) is 0 Å². The van der Waals surface area contributed by atoms with Crippen LogP contribution in [0.2, 0.25) is 0 Å². The first-order chi connectivity index (χ1) is 8.19. The summed E-state index contributed by atoms with van der Waals surface area (Å²) in [7, 11) is 0. The molecular weight excluding hydrogens is 204 g/mol. The maximum absolute atomic E-state index is 2.47. The van der Waals surface area contributed by atoms with Gasteiger partial charge >= 0.3 is 0 Å². The van der Waals surface area contributed by atoms with E-state index in [-0.39, 0.29) is 0 Å². The molecule has 0 nitrogen and oxygen atoms in total. The molecule has 0 heteroatoms. The van der Waals surface area contributed by atoms with E-state index in [4.69, 9.17) is 0 Å². The van der Waals surface area contributed by atoms with Crippen molar-refractivity contribution in [3.05, 3.63) is 35.5 Å². The number of allylic oxidation sites excluding steroid dienone is 6. The smallest absolute Gasteiger partial charge is 0.0196 e. The van der Waals surface area contributed by atoms with Crippen LogP contribution in [0, 0.1) is 17.8 Å². The van der Waals surface area contributed by atoms with Crippen LogP contribution in [0.3, 0.4) is 0 Å². The van der Waals surface area contributed by atoms with Gasteiger partial charge in [0.05, 0.1) is 0 Å². The van der Waals surface area contributed by atoms with Crippen LogP contribution in [0.5, 0.6) is 0 Å². The second-order valence-corrected chi connectivity index (χ2v) is 6.01. The van der Waals surface area contributed by atoms with Gasteiger partial charge in [0.15, 0.2) is 0 Å². The molecule has 0 aromatic heterocycles. The second kappa shape index (κ2) is 5.71. The van der Waals surface area contributed by atoms with Gasteiger partial charge in [-0.25, -0.2) is 0 Å². The molecule has 0 heterocycles. The van der Waals surface area contributed by atoms with Crippen LogP contribution in [-0.4, -0.2) is 0 Å². The Bertz CT molecular complexity index is 339. The third-order valence-corrected chi connectivity index (χ3v) is 4.37. The molecule has 3 atom stereocenters. The van der Waals surface area contributed by atoms with Gasteiger partial charge in [-0.15, -0.1) is 0 Å². The molecule has 0 saturated heterocycles. The number of fused-ring (bicyclic) bond motifs is 2. The first-order valence-corrected chi connectivity index (χ1v) is 7.14. The zero-order valence-electron chi connectivity index (χ0n) is 11.6. The lowest BCUT2D eigenvalue weighted by atomic mass is 9.86. The van der Waals surface area contributed by atoms with Gasteiger partial charge in [0.25, 0.3) is 0 Å². The molecule has 0 amide bonds. The van der Waals surface area contributed by atoms with Crippen molar-refractivity contribution in [1.82, 2.24) is 0 Å². The summed E-state index contributed by atoms with van der Waals surface area (Å²) < 4.78 is 0. The van der Waals surface area contributed by atoms with Crippen molar-refractivity contribution < 1.29 is 0 Å². The minimum absolute atomic E-state index is 0.901. The molecule has 17 heavy (non-hydrogen) atoms. The third-order valence-electron chi connectivity index (χ3n) is 4.37. The molecule has 1 saturated carbocycles. The Morgan fingerprint density at radius 3 is 2.59 bits per heavy atom. The first-order valence-electron chi connectivity index (χ1n) is 7.14. The fraction of sp³-hybridized carbons (Fsp3) is 0.647. The Balaban J connectivity index is 1.80. The molecule has 94 valence electrons. The summed E-state index contributed by atoms with van der Waals surface area (Å²) in [6.45, 7) is 6.59. The van der Waals surface area contributed by atoms with Crippen LogP contribution in [0.4, 0.5) is 0 Å². The van der Waals surface area contributed by atoms with E-state index in [1.165, 1.54) is 37.7 Å². The van der Waals surface area contributed by atoms with Gasteiger partial charge in [0.1, 0.15) is 0 Å². The number of rotatable bonds is 5. The minimum atomic E-state index is 0.901. The normalized spacial score (nSPS) is 31.0. The van der Waals surface area contributed by atoms with E-state index in [0.29, 0.717) is 0 Å². The Morgan fingerprint density at radius 2 is 2.06 bits per heavy atom. The van der Waals surface area contributed by atoms with Crippen LogP contribution in [0.25, 0.3) is 0 Å². The van der Waals surface area contributed by atoms with E-state index >= 15 is 0 Å². The van der Waals surface area contributed by atoms with Crippen molar-refractivity contribution in [2.45, 2.75) is 52.9 Å². The van der Waals surface area contributed by atoms with Crippen LogP contribution in [-0.2, 0) is 0 Å². The third kappa shape index (κ3) is 3.34. The Kier molecular flexibility index (Phi) is 4.25. The van der Waals surface area contributed by atoms with Crippen molar-refractivity contribution in [2.24, 2.45) is 17.8 Å². The molecule has 0 radical (unpaired) electrons. The molecule has 0 spiro atoms. The SMILES string of the molecule is CC=C(CCC=C(C)C)CC1CC2C=CC1C2. The van der Waals surface area contributed by atoms with Gasteiger partial charge < -0.3 is 0 Å². The molecule has 2 aliphatic rings. The molecule has 1 fully saturated rings. The fourth-order valence-corrected chi connectivity index (χ4v) is 3.38. The second-order valence-electron chi connectivity index (χ2n) is 6.01. The quantitative estimate of drug-likeness (QED) is 0.564. The molecular formula is C17H26. The highest BCUT2D eigenvalue weighted by atomic mass is 14.4. The molecule has 0 aromatic rings. The summed E-state index contributed by atoms with van der Waals surface area (Å²) in [5.41, 5.74) is 3.12. The van der Waals surface area contributed by atoms with Crippen LogP contribution in [0.15, 0.2) is 35.5 Å². The molecule has 0 aliphatic heterocycles. The highest BCUT2D eigenvalue weighted by Gasteiger charge is 2.35. The zero-order chi connectivity index (χ0) is 12.3. The Morgan fingerprint density at radius 1 is 1.24 bits per heavy atom. The molecule has 2 aliphatic carbocycles. The Labute approximate surface area is 106 Å².